The highest BCUT2D eigenvalue weighted by atomic mass is 32.2. The Balaban J connectivity index is 0.910. The first-order valence-electron chi connectivity index (χ1n) is 27.2. The van der Waals surface area contributed by atoms with Crippen LogP contribution in [-0.4, -0.2) is 126 Å². The molecule has 0 fully saturated rings. The van der Waals surface area contributed by atoms with E-state index in [0.717, 1.165) is 18.2 Å². The molecule has 0 aliphatic rings. The zero-order chi connectivity index (χ0) is 63.7. The lowest BCUT2D eigenvalue weighted by Gasteiger charge is -2.16. The first-order valence-corrected chi connectivity index (χ1v) is 30.1. The van der Waals surface area contributed by atoms with E-state index in [-0.39, 0.29) is 100 Å². The number of phenols is 2. The number of aromatic hydroxyl groups is 2. The zero-order valence-electron chi connectivity index (χ0n) is 48.2. The summed E-state index contributed by atoms with van der Waals surface area (Å²) >= 11 is 0. The number of nitrogens with two attached hydrogens (primary N) is 4. The molecule has 0 aliphatic carbocycles. The van der Waals surface area contributed by atoms with Crippen LogP contribution in [-0.2, 0) is 26.7 Å². The van der Waals surface area contributed by atoms with Gasteiger partial charge in [-0.1, -0.05) is 30.3 Å². The van der Waals surface area contributed by atoms with Gasteiger partial charge in [-0.25, -0.2) is 0 Å². The van der Waals surface area contributed by atoms with Crippen LogP contribution in [0.15, 0.2) is 127 Å². The fraction of sp³-hybridized carbons (Fsp3) is 0.241. The number of fused-ring (bicyclic) bond motifs is 2. The van der Waals surface area contributed by atoms with Crippen LogP contribution in [0.1, 0.15) is 45.5 Å². The standard InChI is InChI=1S/C54H63N25O8S2/c1-26(55)19-20-60-48-70-50(62-28(3)57)74-53(71-48)65-37-8-6-7-31-11-18-38(45(80)42(31)37)78-76-35-16-14-33(15-17-35)64-52-68-41(67-47(59-5)69-52)21-30-9-12-34(13-10-30)77-79-44-40(89(85,86)87)23-32-22-36(88(82,83)84)24-39(43(32)46(44)81)66-54-73-49(61-25-27(2)56)72-51(75-54)63-29(4)58/h6-18,22-24,26-29,80-81H,19-21,25,55-58H2,1-5H3,(H,82,83,84)(H,85,86,87)(H2,59,64,67,68,69)(H3,60,62,65,70,71,74)(H3,61,63,66,72,73,75). The molecule has 4 atom stereocenters. The van der Waals surface area contributed by atoms with Crippen molar-refractivity contribution in [1.29, 1.82) is 0 Å². The van der Waals surface area contributed by atoms with E-state index in [1.807, 2.05) is 25.1 Å². The smallest absolute Gasteiger partial charge is 0.296 e. The van der Waals surface area contributed by atoms with Gasteiger partial charge in [-0.15, -0.1) is 10.2 Å². The molecule has 464 valence electrons. The third-order valence-corrected chi connectivity index (χ3v) is 14.2. The number of aromatic nitrogens is 9. The van der Waals surface area contributed by atoms with E-state index in [1.165, 1.54) is 0 Å². The van der Waals surface area contributed by atoms with Gasteiger partial charge in [-0.3, -0.25) is 9.11 Å². The molecule has 0 saturated heterocycles. The van der Waals surface area contributed by atoms with Gasteiger partial charge in [0.1, 0.15) is 22.1 Å². The molecule has 0 spiro atoms. The predicted molar refractivity (Wildman–Crippen MR) is 337 cm³/mol. The number of benzene rings is 6. The Labute approximate surface area is 508 Å². The Hall–Kier alpha value is -10.3. The number of azo groups is 2. The van der Waals surface area contributed by atoms with Gasteiger partial charge in [0.2, 0.25) is 47.6 Å². The molecule has 33 nitrogen and oxygen atoms in total. The average molecular weight is 1250 g/mol. The second-order valence-corrected chi connectivity index (χ2v) is 23.1. The number of nitrogens with zero attached hydrogens (tertiary/aromatic N) is 13. The van der Waals surface area contributed by atoms with Crippen molar-refractivity contribution in [2.45, 2.75) is 74.7 Å². The van der Waals surface area contributed by atoms with Crippen molar-refractivity contribution >= 4 is 129 Å². The average Bonchev–Trinajstić information content (AvgIpc) is 0.829. The van der Waals surface area contributed by atoms with Gasteiger partial charge in [-0.2, -0.15) is 71.9 Å². The Morgan fingerprint density at radius 3 is 1.70 bits per heavy atom. The van der Waals surface area contributed by atoms with Crippen molar-refractivity contribution in [3.05, 3.63) is 108 Å². The lowest BCUT2D eigenvalue weighted by Crippen LogP contribution is -2.28. The SMILES string of the molecule is CNc1nc(Cc2ccc(N=Nc3c(S(=O)(=O)O)cc4cc(S(=O)(=O)O)cc(Nc5nc(NCC(C)N)nc(NC(C)N)n5)c4c3O)cc2)nc(Nc2ccc(N=Nc3ccc4cccc(Nc5nc(NCCC(C)N)nc(NC(C)N)n5)c4c3O)cc2)n1. The molecule has 0 amide bonds. The van der Waals surface area contributed by atoms with Crippen LogP contribution in [0.2, 0.25) is 0 Å². The summed E-state index contributed by atoms with van der Waals surface area (Å²) < 4.78 is 71.2. The summed E-state index contributed by atoms with van der Waals surface area (Å²) in [5.74, 6) is 0.349. The summed E-state index contributed by atoms with van der Waals surface area (Å²) in [6.45, 7) is 7.77. The number of hydrogen-bond donors (Lipinski definition) is 16. The molecule has 35 heteroatoms. The van der Waals surface area contributed by atoms with Gasteiger partial charge in [0.15, 0.2) is 11.5 Å². The molecular formula is C54H63N25O8S2. The van der Waals surface area contributed by atoms with Crippen molar-refractivity contribution in [3.8, 4) is 11.5 Å². The van der Waals surface area contributed by atoms with Crippen LogP contribution in [0.4, 0.5) is 87.4 Å². The number of rotatable bonds is 26. The molecule has 0 aliphatic heterocycles. The highest BCUT2D eigenvalue weighted by molar-refractivity contribution is 7.86. The molecule has 20 N–H and O–H groups in total. The van der Waals surface area contributed by atoms with Gasteiger partial charge >= 0.3 is 0 Å². The van der Waals surface area contributed by atoms with Crippen LogP contribution < -0.4 is 65.5 Å². The normalized spacial score (nSPS) is 13.3. The largest absolute Gasteiger partial charge is 0.505 e. The fourth-order valence-corrected chi connectivity index (χ4v) is 9.69. The summed E-state index contributed by atoms with van der Waals surface area (Å²) in [6, 6.07) is 24.6. The highest BCUT2D eigenvalue weighted by Gasteiger charge is 2.27. The second kappa shape index (κ2) is 27.2. The molecule has 0 saturated carbocycles. The third-order valence-electron chi connectivity index (χ3n) is 12.5. The topological polar surface area (TPSA) is 515 Å². The summed E-state index contributed by atoms with van der Waals surface area (Å²) in [7, 11) is -8.51. The molecule has 3 heterocycles. The first-order chi connectivity index (χ1) is 42.3. The van der Waals surface area contributed by atoms with Crippen molar-refractivity contribution in [2.24, 2.45) is 43.4 Å². The first kappa shape index (κ1) is 63.2. The van der Waals surface area contributed by atoms with Gasteiger partial charge in [0, 0.05) is 55.1 Å². The summed E-state index contributed by atoms with van der Waals surface area (Å²) in [4.78, 5) is 38.2. The molecule has 4 unspecified atom stereocenters. The number of hydrogen-bond acceptors (Lipinski definition) is 31. The maximum absolute atomic E-state index is 12.9. The van der Waals surface area contributed by atoms with E-state index in [4.69, 9.17) is 22.9 Å². The second-order valence-electron chi connectivity index (χ2n) is 20.3. The van der Waals surface area contributed by atoms with Crippen molar-refractivity contribution in [1.82, 2.24) is 44.9 Å². The lowest BCUT2D eigenvalue weighted by atomic mass is 10.1. The molecular weight excluding hydrogens is 1190 g/mol. The highest BCUT2D eigenvalue weighted by Crippen LogP contribution is 2.46. The minimum absolute atomic E-state index is 0.0187. The molecule has 9 aromatic rings. The van der Waals surface area contributed by atoms with Crippen molar-refractivity contribution in [3.63, 3.8) is 0 Å². The minimum atomic E-state index is -5.19. The van der Waals surface area contributed by atoms with E-state index >= 15 is 0 Å². The Morgan fingerprint density at radius 2 is 1.09 bits per heavy atom. The summed E-state index contributed by atoms with van der Waals surface area (Å²) in [5.41, 5.74) is 25.4. The molecule has 6 aromatic carbocycles. The zero-order valence-corrected chi connectivity index (χ0v) is 49.9. The van der Waals surface area contributed by atoms with Crippen LogP contribution in [0, 0.1) is 0 Å². The molecule has 3 aromatic heterocycles. The maximum Gasteiger partial charge on any atom is 0.296 e. The number of phenolic OH excluding ortho intramolecular Hbond substituents is 2. The molecule has 0 bridgehead atoms. The van der Waals surface area contributed by atoms with E-state index in [9.17, 15) is 36.2 Å². The lowest BCUT2D eigenvalue weighted by molar-refractivity contribution is 0.472. The Morgan fingerprint density at radius 1 is 0.528 bits per heavy atom. The van der Waals surface area contributed by atoms with E-state index in [1.54, 1.807) is 88.5 Å². The van der Waals surface area contributed by atoms with Gasteiger partial charge < -0.3 is 75.7 Å². The Kier molecular flexibility index (Phi) is 19.3. The van der Waals surface area contributed by atoms with Gasteiger partial charge in [-0.05, 0) is 117 Å². The summed E-state index contributed by atoms with van der Waals surface area (Å²) in [5, 5.41) is 65.1. The quantitative estimate of drug-likeness (QED) is 0.0142. The van der Waals surface area contributed by atoms with Crippen LogP contribution in [0.5, 0.6) is 11.5 Å². The van der Waals surface area contributed by atoms with E-state index in [2.05, 4.69) is 108 Å². The van der Waals surface area contributed by atoms with Gasteiger partial charge in [0.05, 0.1) is 40.0 Å². The minimum Gasteiger partial charge on any atom is -0.505 e. The Bertz CT molecular complexity index is 4350. The molecule has 89 heavy (non-hydrogen) atoms. The van der Waals surface area contributed by atoms with E-state index in [0.29, 0.717) is 58.1 Å². The molecule has 9 rings (SSSR count). The number of anilines is 11. The maximum atomic E-state index is 12.9. The number of nitrogens with one attached hydrogen (secondary N) is 8. The third kappa shape index (κ3) is 16.6. The van der Waals surface area contributed by atoms with Crippen LogP contribution in [0.25, 0.3) is 21.5 Å². The summed E-state index contributed by atoms with van der Waals surface area (Å²) in [6.07, 6.45) is -0.203. The van der Waals surface area contributed by atoms with Crippen LogP contribution in [0.3, 0.4) is 0 Å². The monoisotopic (exact) mass is 1250 g/mol. The molecule has 0 radical (unpaired) electrons. The van der Waals surface area contributed by atoms with Crippen LogP contribution >= 0.6 is 0 Å². The van der Waals surface area contributed by atoms with Gasteiger partial charge in [0.25, 0.3) is 20.2 Å². The van der Waals surface area contributed by atoms with Crippen molar-refractivity contribution < 1.29 is 36.2 Å². The predicted octanol–water partition coefficient (Wildman–Crippen LogP) is 7.49. The van der Waals surface area contributed by atoms with Crippen molar-refractivity contribution in [2.75, 3.05) is 62.7 Å². The fourth-order valence-electron chi connectivity index (χ4n) is 8.49. The van der Waals surface area contributed by atoms with E-state index < -0.39 is 53.8 Å².